The molecule has 0 spiro atoms. The molecule has 5 nitrogen and oxygen atoms in total. The lowest BCUT2D eigenvalue weighted by atomic mass is 10.0. The summed E-state index contributed by atoms with van der Waals surface area (Å²) < 4.78 is 5.87. The minimum Gasteiger partial charge on any atom is -0.486 e. The third-order valence-corrected chi connectivity index (χ3v) is 3.65. The van der Waals surface area contributed by atoms with Crippen molar-refractivity contribution in [2.75, 3.05) is 18.0 Å². The Balaban J connectivity index is 2.44. The van der Waals surface area contributed by atoms with Crippen LogP contribution in [0.3, 0.4) is 0 Å². The van der Waals surface area contributed by atoms with Crippen molar-refractivity contribution >= 4 is 17.4 Å². The van der Waals surface area contributed by atoms with E-state index >= 15 is 0 Å². The molecule has 2 rings (SSSR count). The molecular weight excluding hydrogens is 268 g/mol. The molecule has 0 saturated carbocycles. The van der Waals surface area contributed by atoms with Crippen LogP contribution in [0.4, 0.5) is 5.69 Å². The van der Waals surface area contributed by atoms with E-state index in [2.05, 4.69) is 0 Å². The zero-order valence-corrected chi connectivity index (χ0v) is 12.8. The van der Waals surface area contributed by atoms with Gasteiger partial charge >= 0.3 is 0 Å². The summed E-state index contributed by atoms with van der Waals surface area (Å²) in [6.45, 7) is 6.23. The second-order valence-electron chi connectivity index (χ2n) is 5.56. The monoisotopic (exact) mass is 290 g/mol. The predicted octanol–water partition coefficient (Wildman–Crippen LogP) is 1.99. The Morgan fingerprint density at radius 1 is 1.43 bits per heavy atom. The average Bonchev–Trinajstić information content (AvgIpc) is 2.51. The molecule has 2 N–H and O–H groups in total. The number of amides is 1. The van der Waals surface area contributed by atoms with Gasteiger partial charge in [0.1, 0.15) is 11.9 Å². The number of nitrogens with two attached hydrogens (primary N) is 1. The van der Waals surface area contributed by atoms with E-state index in [1.165, 1.54) is 0 Å². The van der Waals surface area contributed by atoms with Gasteiger partial charge in [-0.25, -0.2) is 0 Å². The van der Waals surface area contributed by atoms with Crippen LogP contribution in [-0.2, 0) is 4.79 Å². The zero-order chi connectivity index (χ0) is 15.6. The quantitative estimate of drug-likeness (QED) is 0.861. The molecule has 1 aromatic carbocycles. The van der Waals surface area contributed by atoms with Crippen molar-refractivity contribution in [3.63, 3.8) is 0 Å². The minimum absolute atomic E-state index is 0.0174. The SMILES string of the molecule is CCC1CN(C(=O)C(C)C)c2cc(C(=O)CN)ccc2O1. The Kier molecular flexibility index (Phi) is 4.63. The maximum atomic E-state index is 12.4. The van der Waals surface area contributed by atoms with Crippen molar-refractivity contribution in [2.24, 2.45) is 11.7 Å². The number of ketones is 1. The highest BCUT2D eigenvalue weighted by molar-refractivity contribution is 6.01. The van der Waals surface area contributed by atoms with Crippen LogP contribution in [0.2, 0.25) is 0 Å². The second kappa shape index (κ2) is 6.26. The molecule has 0 aromatic heterocycles. The van der Waals surface area contributed by atoms with Crippen LogP contribution in [0, 0.1) is 5.92 Å². The van der Waals surface area contributed by atoms with Gasteiger partial charge in [0.25, 0.3) is 0 Å². The molecule has 0 radical (unpaired) electrons. The fourth-order valence-corrected chi connectivity index (χ4v) is 2.37. The Morgan fingerprint density at radius 3 is 2.71 bits per heavy atom. The fraction of sp³-hybridized carbons (Fsp3) is 0.500. The predicted molar refractivity (Wildman–Crippen MR) is 81.7 cm³/mol. The minimum atomic E-state index is -0.146. The number of fused-ring (bicyclic) bond motifs is 1. The maximum absolute atomic E-state index is 12.4. The van der Waals surface area contributed by atoms with Crippen LogP contribution in [0.25, 0.3) is 0 Å². The number of carbonyl (C=O) groups excluding carboxylic acids is 2. The van der Waals surface area contributed by atoms with Crippen LogP contribution in [0.5, 0.6) is 5.75 Å². The highest BCUT2D eigenvalue weighted by Gasteiger charge is 2.30. The van der Waals surface area contributed by atoms with Gasteiger partial charge in [0.15, 0.2) is 5.78 Å². The number of rotatable bonds is 4. The van der Waals surface area contributed by atoms with Crippen LogP contribution in [-0.4, -0.2) is 30.9 Å². The molecule has 1 aliphatic rings. The molecule has 1 heterocycles. The van der Waals surface area contributed by atoms with Crippen LogP contribution >= 0.6 is 0 Å². The summed E-state index contributed by atoms with van der Waals surface area (Å²) in [6, 6.07) is 5.15. The summed E-state index contributed by atoms with van der Waals surface area (Å²) >= 11 is 0. The van der Waals surface area contributed by atoms with Crippen molar-refractivity contribution in [2.45, 2.75) is 33.3 Å². The third kappa shape index (κ3) is 3.08. The second-order valence-corrected chi connectivity index (χ2v) is 5.56. The summed E-state index contributed by atoms with van der Waals surface area (Å²) in [4.78, 5) is 25.9. The molecule has 5 heteroatoms. The lowest BCUT2D eigenvalue weighted by molar-refractivity contribution is -0.121. The van der Waals surface area contributed by atoms with Gasteiger partial charge in [-0.15, -0.1) is 0 Å². The normalized spacial score (nSPS) is 17.4. The average molecular weight is 290 g/mol. The lowest BCUT2D eigenvalue weighted by Gasteiger charge is -2.35. The first kappa shape index (κ1) is 15.5. The molecule has 0 aliphatic carbocycles. The molecule has 1 unspecified atom stereocenters. The summed E-state index contributed by atoms with van der Waals surface area (Å²) in [5.41, 5.74) is 6.58. The van der Waals surface area contributed by atoms with Crippen molar-refractivity contribution < 1.29 is 14.3 Å². The molecule has 0 fully saturated rings. The molecular formula is C16H22N2O3. The molecule has 21 heavy (non-hydrogen) atoms. The number of benzene rings is 1. The first-order valence-corrected chi connectivity index (χ1v) is 7.33. The van der Waals surface area contributed by atoms with E-state index in [1.54, 1.807) is 23.1 Å². The Morgan fingerprint density at radius 2 is 2.14 bits per heavy atom. The van der Waals surface area contributed by atoms with Gasteiger partial charge in [0, 0.05) is 11.5 Å². The van der Waals surface area contributed by atoms with Gasteiger partial charge in [-0.1, -0.05) is 20.8 Å². The van der Waals surface area contributed by atoms with Gasteiger partial charge in [-0.05, 0) is 24.6 Å². The fourth-order valence-electron chi connectivity index (χ4n) is 2.37. The molecule has 1 amide bonds. The third-order valence-electron chi connectivity index (χ3n) is 3.65. The number of hydrogen-bond donors (Lipinski definition) is 1. The van der Waals surface area contributed by atoms with Crippen LogP contribution in [0.1, 0.15) is 37.6 Å². The van der Waals surface area contributed by atoms with Crippen molar-refractivity contribution in [1.82, 2.24) is 0 Å². The molecule has 114 valence electrons. The van der Waals surface area contributed by atoms with E-state index in [1.807, 2.05) is 20.8 Å². The van der Waals surface area contributed by atoms with Crippen molar-refractivity contribution in [3.8, 4) is 5.75 Å². The van der Waals surface area contributed by atoms with Crippen molar-refractivity contribution in [1.29, 1.82) is 0 Å². The number of hydrogen-bond acceptors (Lipinski definition) is 4. The van der Waals surface area contributed by atoms with Gasteiger partial charge in [-0.3, -0.25) is 9.59 Å². The first-order valence-electron chi connectivity index (χ1n) is 7.33. The van der Waals surface area contributed by atoms with Gasteiger partial charge < -0.3 is 15.4 Å². The van der Waals surface area contributed by atoms with E-state index in [0.29, 0.717) is 23.5 Å². The van der Waals surface area contributed by atoms with Crippen molar-refractivity contribution in [3.05, 3.63) is 23.8 Å². The van der Waals surface area contributed by atoms with E-state index in [4.69, 9.17) is 10.5 Å². The summed E-state index contributed by atoms with van der Waals surface area (Å²) in [5, 5.41) is 0. The number of ether oxygens (including phenoxy) is 1. The Hall–Kier alpha value is -1.88. The topological polar surface area (TPSA) is 72.6 Å². The zero-order valence-electron chi connectivity index (χ0n) is 12.8. The Bertz CT molecular complexity index is 554. The molecule has 0 saturated heterocycles. The van der Waals surface area contributed by atoms with Crippen LogP contribution < -0.4 is 15.4 Å². The van der Waals surface area contributed by atoms with E-state index in [9.17, 15) is 9.59 Å². The van der Waals surface area contributed by atoms with Crippen LogP contribution in [0.15, 0.2) is 18.2 Å². The largest absolute Gasteiger partial charge is 0.486 e. The van der Waals surface area contributed by atoms with E-state index in [0.717, 1.165) is 6.42 Å². The molecule has 1 aliphatic heterocycles. The standard InChI is InChI=1S/C16H22N2O3/c1-4-12-9-18(16(20)10(2)3)13-7-11(14(19)8-17)5-6-15(13)21-12/h5-7,10,12H,4,8-9,17H2,1-3H3. The van der Waals surface area contributed by atoms with Gasteiger partial charge in [0.05, 0.1) is 18.8 Å². The molecule has 1 atom stereocenters. The maximum Gasteiger partial charge on any atom is 0.229 e. The molecule has 0 bridgehead atoms. The number of carbonyl (C=O) groups is 2. The smallest absolute Gasteiger partial charge is 0.229 e. The molecule has 1 aromatic rings. The van der Waals surface area contributed by atoms with Gasteiger partial charge in [0.2, 0.25) is 5.91 Å². The van der Waals surface area contributed by atoms with E-state index < -0.39 is 0 Å². The lowest BCUT2D eigenvalue weighted by Crippen LogP contribution is -2.45. The number of anilines is 1. The highest BCUT2D eigenvalue weighted by atomic mass is 16.5. The van der Waals surface area contributed by atoms with E-state index in [-0.39, 0.29) is 30.3 Å². The van der Waals surface area contributed by atoms with Gasteiger partial charge in [-0.2, -0.15) is 0 Å². The number of Topliss-reactive ketones (excluding diaryl/α,β-unsaturated/α-hetero) is 1. The first-order chi connectivity index (χ1) is 9.97. The summed E-state index contributed by atoms with van der Waals surface area (Å²) in [5.74, 6) is 0.431. The summed E-state index contributed by atoms with van der Waals surface area (Å²) in [7, 11) is 0. The Labute approximate surface area is 125 Å². The highest BCUT2D eigenvalue weighted by Crippen LogP contribution is 2.35. The summed E-state index contributed by atoms with van der Waals surface area (Å²) in [6.07, 6.45) is 0.807. The number of nitrogens with zero attached hydrogens (tertiary/aromatic N) is 1.